The standard InChI is InChI=1S/C14H21ClN2/c1-2-4-13-11-17(10-3-9-16-13)14-7-5-12(15)6-8-14/h5-8,13,16H,2-4,9-11H2,1H3. The Labute approximate surface area is 109 Å². The maximum atomic E-state index is 5.93. The number of benzene rings is 1. The lowest BCUT2D eigenvalue weighted by molar-refractivity contribution is 0.502. The third kappa shape index (κ3) is 3.62. The molecule has 2 nitrogen and oxygen atoms in total. The largest absolute Gasteiger partial charge is 0.370 e. The fourth-order valence-corrected chi connectivity index (χ4v) is 2.55. The van der Waals surface area contributed by atoms with Crippen molar-refractivity contribution in [3.05, 3.63) is 29.3 Å². The fourth-order valence-electron chi connectivity index (χ4n) is 2.43. The van der Waals surface area contributed by atoms with Crippen LogP contribution in [0.5, 0.6) is 0 Å². The number of hydrogen-bond acceptors (Lipinski definition) is 2. The second-order valence-corrected chi connectivity index (χ2v) is 5.15. The van der Waals surface area contributed by atoms with Crippen LogP contribution in [0.15, 0.2) is 24.3 Å². The van der Waals surface area contributed by atoms with E-state index in [-0.39, 0.29) is 0 Å². The minimum atomic E-state index is 0.623. The first kappa shape index (κ1) is 12.7. The summed E-state index contributed by atoms with van der Waals surface area (Å²) in [5.41, 5.74) is 1.29. The average Bonchev–Trinajstić information content (AvgIpc) is 2.56. The summed E-state index contributed by atoms with van der Waals surface area (Å²) in [6.07, 6.45) is 3.71. The van der Waals surface area contributed by atoms with Crippen molar-refractivity contribution in [2.75, 3.05) is 24.5 Å². The lowest BCUT2D eigenvalue weighted by Gasteiger charge is -2.26. The zero-order valence-electron chi connectivity index (χ0n) is 10.5. The van der Waals surface area contributed by atoms with E-state index in [4.69, 9.17) is 11.6 Å². The van der Waals surface area contributed by atoms with Crippen LogP contribution in [0.3, 0.4) is 0 Å². The Hall–Kier alpha value is -0.730. The van der Waals surface area contributed by atoms with Crippen molar-refractivity contribution >= 4 is 17.3 Å². The Morgan fingerprint density at radius 2 is 2.12 bits per heavy atom. The van der Waals surface area contributed by atoms with Crippen LogP contribution in [-0.2, 0) is 0 Å². The van der Waals surface area contributed by atoms with Gasteiger partial charge in [0, 0.05) is 29.8 Å². The number of halogens is 1. The van der Waals surface area contributed by atoms with Crippen LogP contribution in [0.2, 0.25) is 5.02 Å². The Morgan fingerprint density at radius 3 is 2.82 bits per heavy atom. The second kappa shape index (κ2) is 6.27. The minimum absolute atomic E-state index is 0.623. The highest BCUT2D eigenvalue weighted by molar-refractivity contribution is 6.30. The lowest BCUT2D eigenvalue weighted by atomic mass is 10.1. The van der Waals surface area contributed by atoms with E-state index in [1.807, 2.05) is 12.1 Å². The monoisotopic (exact) mass is 252 g/mol. The van der Waals surface area contributed by atoms with Gasteiger partial charge in [0.2, 0.25) is 0 Å². The molecule has 1 fully saturated rings. The van der Waals surface area contributed by atoms with Crippen LogP contribution >= 0.6 is 11.6 Å². The van der Waals surface area contributed by atoms with Gasteiger partial charge in [-0.25, -0.2) is 0 Å². The van der Waals surface area contributed by atoms with Crippen molar-refractivity contribution in [2.45, 2.75) is 32.2 Å². The van der Waals surface area contributed by atoms with Crippen molar-refractivity contribution in [3.63, 3.8) is 0 Å². The topological polar surface area (TPSA) is 15.3 Å². The highest BCUT2D eigenvalue weighted by atomic mass is 35.5. The van der Waals surface area contributed by atoms with Crippen LogP contribution < -0.4 is 10.2 Å². The van der Waals surface area contributed by atoms with Crippen molar-refractivity contribution in [1.82, 2.24) is 5.32 Å². The molecule has 1 aliphatic rings. The number of nitrogens with zero attached hydrogens (tertiary/aromatic N) is 1. The van der Waals surface area contributed by atoms with Crippen LogP contribution in [0.1, 0.15) is 26.2 Å². The van der Waals surface area contributed by atoms with Gasteiger partial charge >= 0.3 is 0 Å². The molecule has 0 aromatic heterocycles. The Kier molecular flexibility index (Phi) is 4.69. The molecule has 0 radical (unpaired) electrons. The molecule has 0 saturated carbocycles. The molecule has 1 unspecified atom stereocenters. The van der Waals surface area contributed by atoms with E-state index in [0.717, 1.165) is 24.7 Å². The summed E-state index contributed by atoms with van der Waals surface area (Å²) in [7, 11) is 0. The van der Waals surface area contributed by atoms with Crippen molar-refractivity contribution in [3.8, 4) is 0 Å². The molecule has 0 aliphatic carbocycles. The van der Waals surface area contributed by atoms with Gasteiger partial charge in [-0.05, 0) is 43.7 Å². The summed E-state index contributed by atoms with van der Waals surface area (Å²) in [6, 6.07) is 8.82. The van der Waals surface area contributed by atoms with Crippen LogP contribution in [-0.4, -0.2) is 25.7 Å². The van der Waals surface area contributed by atoms with Gasteiger partial charge in [-0.2, -0.15) is 0 Å². The lowest BCUT2D eigenvalue weighted by Crippen LogP contribution is -2.37. The Bertz CT molecular complexity index is 337. The minimum Gasteiger partial charge on any atom is -0.370 e. The SMILES string of the molecule is CCCC1CN(c2ccc(Cl)cc2)CCCN1. The number of hydrogen-bond donors (Lipinski definition) is 1. The summed E-state index contributed by atoms with van der Waals surface area (Å²) < 4.78 is 0. The molecular formula is C14H21ClN2. The molecular weight excluding hydrogens is 232 g/mol. The summed E-state index contributed by atoms with van der Waals surface area (Å²) in [5.74, 6) is 0. The molecule has 0 bridgehead atoms. The van der Waals surface area contributed by atoms with E-state index in [0.29, 0.717) is 6.04 Å². The smallest absolute Gasteiger partial charge is 0.0407 e. The maximum absolute atomic E-state index is 5.93. The van der Waals surface area contributed by atoms with E-state index < -0.39 is 0 Å². The van der Waals surface area contributed by atoms with E-state index in [9.17, 15) is 0 Å². The molecule has 1 aliphatic heterocycles. The highest BCUT2D eigenvalue weighted by Gasteiger charge is 2.16. The predicted octanol–water partition coefficient (Wildman–Crippen LogP) is 3.31. The van der Waals surface area contributed by atoms with Crippen molar-refractivity contribution in [2.24, 2.45) is 0 Å². The summed E-state index contributed by atoms with van der Waals surface area (Å²) in [4.78, 5) is 2.47. The molecule has 1 aromatic carbocycles. The normalized spacial score (nSPS) is 21.3. The molecule has 0 amide bonds. The average molecular weight is 253 g/mol. The van der Waals surface area contributed by atoms with Crippen molar-refractivity contribution in [1.29, 1.82) is 0 Å². The summed E-state index contributed by atoms with van der Waals surface area (Å²) >= 11 is 5.93. The molecule has 1 atom stereocenters. The van der Waals surface area contributed by atoms with Gasteiger partial charge in [0.1, 0.15) is 0 Å². The van der Waals surface area contributed by atoms with Gasteiger partial charge in [-0.1, -0.05) is 24.9 Å². The third-order valence-electron chi connectivity index (χ3n) is 3.31. The molecule has 1 N–H and O–H groups in total. The van der Waals surface area contributed by atoms with Gasteiger partial charge in [0.25, 0.3) is 0 Å². The van der Waals surface area contributed by atoms with Crippen LogP contribution in [0, 0.1) is 0 Å². The molecule has 0 spiro atoms. The maximum Gasteiger partial charge on any atom is 0.0407 e. The van der Waals surface area contributed by atoms with Crippen LogP contribution in [0.25, 0.3) is 0 Å². The molecule has 2 rings (SSSR count). The van der Waals surface area contributed by atoms with Gasteiger partial charge in [-0.3, -0.25) is 0 Å². The van der Waals surface area contributed by atoms with Gasteiger partial charge in [0.05, 0.1) is 0 Å². The summed E-state index contributed by atoms with van der Waals surface area (Å²) in [6.45, 7) is 5.62. The van der Waals surface area contributed by atoms with Gasteiger partial charge < -0.3 is 10.2 Å². The quantitative estimate of drug-likeness (QED) is 0.888. The molecule has 1 aromatic rings. The molecule has 1 heterocycles. The molecule has 1 saturated heterocycles. The van der Waals surface area contributed by atoms with E-state index in [2.05, 4.69) is 29.3 Å². The first-order valence-corrected chi connectivity index (χ1v) is 6.91. The highest BCUT2D eigenvalue weighted by Crippen LogP contribution is 2.20. The third-order valence-corrected chi connectivity index (χ3v) is 3.56. The van der Waals surface area contributed by atoms with E-state index >= 15 is 0 Å². The molecule has 3 heteroatoms. The molecule has 94 valence electrons. The number of nitrogens with one attached hydrogen (secondary N) is 1. The first-order valence-electron chi connectivity index (χ1n) is 6.53. The zero-order chi connectivity index (χ0) is 12.1. The fraction of sp³-hybridized carbons (Fsp3) is 0.571. The first-order chi connectivity index (χ1) is 8.29. The second-order valence-electron chi connectivity index (χ2n) is 4.72. The van der Waals surface area contributed by atoms with Crippen molar-refractivity contribution < 1.29 is 0 Å². The Morgan fingerprint density at radius 1 is 1.35 bits per heavy atom. The van der Waals surface area contributed by atoms with Gasteiger partial charge in [0.15, 0.2) is 0 Å². The zero-order valence-corrected chi connectivity index (χ0v) is 11.2. The van der Waals surface area contributed by atoms with Crippen LogP contribution in [0.4, 0.5) is 5.69 Å². The molecule has 17 heavy (non-hydrogen) atoms. The number of anilines is 1. The summed E-state index contributed by atoms with van der Waals surface area (Å²) in [5, 5.41) is 4.44. The van der Waals surface area contributed by atoms with E-state index in [1.54, 1.807) is 0 Å². The van der Waals surface area contributed by atoms with E-state index in [1.165, 1.54) is 24.9 Å². The predicted molar refractivity (Wildman–Crippen MR) is 75.0 cm³/mol. The Balaban J connectivity index is 2.05. The number of rotatable bonds is 3. The van der Waals surface area contributed by atoms with Gasteiger partial charge in [-0.15, -0.1) is 0 Å².